The van der Waals surface area contributed by atoms with Crippen LogP contribution in [0.4, 0.5) is 11.6 Å². The first-order valence-electron chi connectivity index (χ1n) is 5.69. The summed E-state index contributed by atoms with van der Waals surface area (Å²) in [6.07, 6.45) is 1.17. The predicted molar refractivity (Wildman–Crippen MR) is 73.3 cm³/mol. The molecule has 5 heteroatoms. The molecule has 1 aliphatic rings. The van der Waals surface area contributed by atoms with Gasteiger partial charge in [-0.25, -0.2) is 9.97 Å². The second-order valence-electron chi connectivity index (χ2n) is 4.15. The molecule has 1 unspecified atom stereocenters. The van der Waals surface area contributed by atoms with E-state index >= 15 is 0 Å². The Labute approximate surface area is 104 Å². The molecule has 2 heterocycles. The molecule has 0 bridgehead atoms. The van der Waals surface area contributed by atoms with Crippen molar-refractivity contribution in [3.8, 4) is 0 Å². The van der Waals surface area contributed by atoms with Crippen molar-refractivity contribution >= 4 is 34.4 Å². The van der Waals surface area contributed by atoms with Crippen LogP contribution in [0.25, 0.3) is 11.0 Å². The second-order valence-corrected chi connectivity index (χ2v) is 5.30. The summed E-state index contributed by atoms with van der Waals surface area (Å²) in [4.78, 5) is 8.89. The number of aromatic nitrogens is 2. The van der Waals surface area contributed by atoms with Gasteiger partial charge in [-0.05, 0) is 24.3 Å². The van der Waals surface area contributed by atoms with Crippen molar-refractivity contribution in [3.05, 3.63) is 24.3 Å². The molecule has 0 aliphatic carbocycles. The number of thioether (sulfide) groups is 1. The summed E-state index contributed by atoms with van der Waals surface area (Å²) >= 11 is 1.96. The van der Waals surface area contributed by atoms with Gasteiger partial charge in [-0.2, -0.15) is 11.8 Å². The number of rotatable bonds is 2. The van der Waals surface area contributed by atoms with Crippen LogP contribution in [-0.4, -0.2) is 27.5 Å². The molecule has 2 aromatic rings. The quantitative estimate of drug-likeness (QED) is 0.850. The van der Waals surface area contributed by atoms with Crippen LogP contribution in [0.5, 0.6) is 0 Å². The average Bonchev–Trinajstić information content (AvgIpc) is 2.83. The third kappa shape index (κ3) is 2.15. The molecule has 4 nitrogen and oxygen atoms in total. The molecule has 3 N–H and O–H groups in total. The second kappa shape index (κ2) is 4.41. The number of nitrogens with zero attached hydrogens (tertiary/aromatic N) is 2. The van der Waals surface area contributed by atoms with Gasteiger partial charge in [-0.1, -0.05) is 12.1 Å². The maximum absolute atomic E-state index is 5.92. The average molecular weight is 246 g/mol. The van der Waals surface area contributed by atoms with Gasteiger partial charge in [-0.3, -0.25) is 0 Å². The Bertz CT molecular complexity index is 537. The fourth-order valence-corrected chi connectivity index (χ4v) is 3.11. The van der Waals surface area contributed by atoms with Crippen LogP contribution in [0.2, 0.25) is 0 Å². The van der Waals surface area contributed by atoms with Crippen molar-refractivity contribution in [3.63, 3.8) is 0 Å². The molecule has 0 amide bonds. The van der Waals surface area contributed by atoms with Gasteiger partial charge in [0.1, 0.15) is 0 Å². The zero-order valence-electron chi connectivity index (χ0n) is 9.39. The van der Waals surface area contributed by atoms with E-state index in [-0.39, 0.29) is 0 Å². The molecule has 1 aliphatic heterocycles. The Balaban J connectivity index is 1.95. The van der Waals surface area contributed by atoms with Crippen LogP contribution < -0.4 is 11.1 Å². The minimum atomic E-state index is 0.470. The van der Waals surface area contributed by atoms with Crippen molar-refractivity contribution in [1.29, 1.82) is 0 Å². The van der Waals surface area contributed by atoms with Crippen molar-refractivity contribution in [1.82, 2.24) is 9.97 Å². The molecule has 1 saturated heterocycles. The monoisotopic (exact) mass is 246 g/mol. The van der Waals surface area contributed by atoms with E-state index < -0.39 is 0 Å². The number of para-hydroxylation sites is 2. The number of nitrogen functional groups attached to an aromatic ring is 1. The van der Waals surface area contributed by atoms with Gasteiger partial charge in [-0.15, -0.1) is 0 Å². The molecule has 1 aromatic carbocycles. The first-order valence-corrected chi connectivity index (χ1v) is 6.85. The Morgan fingerprint density at radius 2 is 2.00 bits per heavy atom. The Hall–Kier alpha value is -1.49. The summed E-state index contributed by atoms with van der Waals surface area (Å²) in [5, 5.41) is 3.38. The predicted octanol–water partition coefficient (Wildman–Crippen LogP) is 2.13. The molecule has 1 fully saturated rings. The molecule has 1 aromatic heterocycles. The van der Waals surface area contributed by atoms with Gasteiger partial charge < -0.3 is 11.1 Å². The molecule has 1 atom stereocenters. The topological polar surface area (TPSA) is 63.8 Å². The van der Waals surface area contributed by atoms with E-state index in [4.69, 9.17) is 5.73 Å². The summed E-state index contributed by atoms with van der Waals surface area (Å²) in [7, 11) is 0. The lowest BCUT2D eigenvalue weighted by atomic mass is 10.2. The minimum Gasteiger partial charge on any atom is -0.381 e. The maximum atomic E-state index is 5.92. The molecule has 17 heavy (non-hydrogen) atoms. The van der Waals surface area contributed by atoms with Gasteiger partial charge >= 0.3 is 0 Å². The van der Waals surface area contributed by atoms with Crippen LogP contribution in [0.15, 0.2) is 24.3 Å². The highest BCUT2D eigenvalue weighted by Gasteiger charge is 2.17. The van der Waals surface area contributed by atoms with E-state index in [0.717, 1.165) is 22.6 Å². The van der Waals surface area contributed by atoms with Crippen LogP contribution in [-0.2, 0) is 0 Å². The minimum absolute atomic E-state index is 0.470. The first kappa shape index (κ1) is 10.7. The van der Waals surface area contributed by atoms with Crippen LogP contribution >= 0.6 is 11.8 Å². The summed E-state index contributed by atoms with van der Waals surface area (Å²) in [6, 6.07) is 8.25. The summed E-state index contributed by atoms with van der Waals surface area (Å²) in [5.74, 6) is 3.53. The van der Waals surface area contributed by atoms with Crippen molar-refractivity contribution < 1.29 is 0 Å². The first-order chi connectivity index (χ1) is 8.33. The lowest BCUT2D eigenvalue weighted by Crippen LogP contribution is -2.20. The highest BCUT2D eigenvalue weighted by atomic mass is 32.2. The highest BCUT2D eigenvalue weighted by Crippen LogP contribution is 2.24. The zero-order chi connectivity index (χ0) is 11.7. The number of anilines is 2. The SMILES string of the molecule is Nc1nc2ccccc2nc1NC1CCSC1. The van der Waals surface area contributed by atoms with E-state index in [1.54, 1.807) is 0 Å². The number of nitrogens with one attached hydrogen (secondary N) is 1. The Morgan fingerprint density at radius 1 is 1.24 bits per heavy atom. The third-order valence-electron chi connectivity index (χ3n) is 2.87. The van der Waals surface area contributed by atoms with E-state index in [0.29, 0.717) is 11.9 Å². The molecule has 0 saturated carbocycles. The van der Waals surface area contributed by atoms with E-state index in [2.05, 4.69) is 15.3 Å². The smallest absolute Gasteiger partial charge is 0.169 e. The van der Waals surface area contributed by atoms with Gasteiger partial charge in [0, 0.05) is 11.8 Å². The fraction of sp³-hybridized carbons (Fsp3) is 0.333. The van der Waals surface area contributed by atoms with Crippen LogP contribution in [0.3, 0.4) is 0 Å². The van der Waals surface area contributed by atoms with Crippen molar-refractivity contribution in [2.75, 3.05) is 22.6 Å². The van der Waals surface area contributed by atoms with Gasteiger partial charge in [0.25, 0.3) is 0 Å². The highest BCUT2D eigenvalue weighted by molar-refractivity contribution is 7.99. The standard InChI is InChI=1S/C12H14N4S/c13-11-12(14-8-5-6-17-7-8)16-10-4-2-1-3-9(10)15-11/h1-4,8H,5-7H2,(H2,13,15)(H,14,16). The number of hydrogen-bond acceptors (Lipinski definition) is 5. The van der Waals surface area contributed by atoms with Gasteiger partial charge in [0.05, 0.1) is 11.0 Å². The van der Waals surface area contributed by atoms with Crippen molar-refractivity contribution in [2.45, 2.75) is 12.5 Å². The Morgan fingerprint density at radius 3 is 2.71 bits per heavy atom. The van der Waals surface area contributed by atoms with Gasteiger partial charge in [0.2, 0.25) is 0 Å². The molecule has 3 rings (SSSR count). The lowest BCUT2D eigenvalue weighted by molar-refractivity contribution is 0.807. The maximum Gasteiger partial charge on any atom is 0.169 e. The van der Waals surface area contributed by atoms with Crippen LogP contribution in [0.1, 0.15) is 6.42 Å². The summed E-state index contributed by atoms with van der Waals surface area (Å²) in [5.41, 5.74) is 7.65. The fourth-order valence-electron chi connectivity index (χ4n) is 1.96. The molecule has 0 radical (unpaired) electrons. The van der Waals surface area contributed by atoms with E-state index in [1.807, 2.05) is 36.0 Å². The van der Waals surface area contributed by atoms with Crippen molar-refractivity contribution in [2.24, 2.45) is 0 Å². The largest absolute Gasteiger partial charge is 0.381 e. The summed E-state index contributed by atoms with van der Waals surface area (Å²) < 4.78 is 0. The zero-order valence-corrected chi connectivity index (χ0v) is 10.2. The van der Waals surface area contributed by atoms with Crippen LogP contribution in [0, 0.1) is 0 Å². The lowest BCUT2D eigenvalue weighted by Gasteiger charge is -2.13. The molecule has 0 spiro atoms. The number of nitrogens with two attached hydrogens (primary N) is 1. The number of benzene rings is 1. The number of fused-ring (bicyclic) bond motifs is 1. The molecule has 88 valence electrons. The van der Waals surface area contributed by atoms with E-state index in [9.17, 15) is 0 Å². The molecular weight excluding hydrogens is 232 g/mol. The normalized spacial score (nSPS) is 19.6. The molecular formula is C12H14N4S. The Kier molecular flexibility index (Phi) is 2.76. The third-order valence-corrected chi connectivity index (χ3v) is 4.03. The van der Waals surface area contributed by atoms with Gasteiger partial charge in [0.15, 0.2) is 11.6 Å². The summed E-state index contributed by atoms with van der Waals surface area (Å²) in [6.45, 7) is 0. The van der Waals surface area contributed by atoms with E-state index in [1.165, 1.54) is 12.2 Å². The number of hydrogen-bond donors (Lipinski definition) is 2.